The molecule has 0 aliphatic rings. The molecule has 10 nitrogen and oxygen atoms in total. The fourth-order valence-electron chi connectivity index (χ4n) is 1.71. The Labute approximate surface area is 122 Å². The topological polar surface area (TPSA) is 135 Å². The minimum absolute atomic E-state index is 0.0331. The lowest BCUT2D eigenvalue weighted by Gasteiger charge is -2.02. The van der Waals surface area contributed by atoms with Crippen LogP contribution in [-0.4, -0.2) is 53.3 Å². The average Bonchev–Trinajstić information content (AvgIpc) is 2.96. The number of carbonyl (C=O) groups is 2. The van der Waals surface area contributed by atoms with Gasteiger partial charge in [0.1, 0.15) is 12.2 Å². The summed E-state index contributed by atoms with van der Waals surface area (Å²) in [6, 6.07) is 4.63. The SMILES string of the molecule is O=C(O)CNC(=O)c1ccc2nnc(-c3ncccn3)n2n1. The van der Waals surface area contributed by atoms with Crippen molar-refractivity contribution in [3.63, 3.8) is 0 Å². The Morgan fingerprint density at radius 1 is 1.18 bits per heavy atom. The maximum Gasteiger partial charge on any atom is 0.322 e. The fourth-order valence-corrected chi connectivity index (χ4v) is 1.71. The van der Waals surface area contributed by atoms with E-state index in [-0.39, 0.29) is 11.5 Å². The van der Waals surface area contributed by atoms with E-state index in [0.717, 1.165) is 0 Å². The van der Waals surface area contributed by atoms with Crippen molar-refractivity contribution < 1.29 is 14.7 Å². The summed E-state index contributed by atoms with van der Waals surface area (Å²) < 4.78 is 1.32. The van der Waals surface area contributed by atoms with Gasteiger partial charge in [-0.05, 0) is 18.2 Å². The third-order valence-corrected chi connectivity index (χ3v) is 2.66. The minimum Gasteiger partial charge on any atom is -0.480 e. The Kier molecular flexibility index (Phi) is 3.40. The van der Waals surface area contributed by atoms with Crippen LogP contribution in [0.5, 0.6) is 0 Å². The summed E-state index contributed by atoms with van der Waals surface area (Å²) >= 11 is 0. The zero-order chi connectivity index (χ0) is 15.5. The van der Waals surface area contributed by atoms with E-state index >= 15 is 0 Å². The highest BCUT2D eigenvalue weighted by Gasteiger charge is 2.15. The average molecular weight is 299 g/mol. The molecule has 110 valence electrons. The molecule has 0 atom stereocenters. The zero-order valence-corrected chi connectivity index (χ0v) is 11.0. The van der Waals surface area contributed by atoms with E-state index in [1.807, 2.05) is 0 Å². The lowest BCUT2D eigenvalue weighted by molar-refractivity contribution is -0.135. The number of nitrogens with one attached hydrogen (secondary N) is 1. The van der Waals surface area contributed by atoms with E-state index in [0.29, 0.717) is 11.5 Å². The van der Waals surface area contributed by atoms with E-state index < -0.39 is 18.4 Å². The standard InChI is InChI=1S/C12H9N7O3/c20-9(21)6-15-12(22)7-2-3-8-16-17-11(19(8)18-7)10-13-4-1-5-14-10/h1-5H,6H2,(H,15,22)(H,20,21). The van der Waals surface area contributed by atoms with Gasteiger partial charge in [0.2, 0.25) is 5.82 Å². The quantitative estimate of drug-likeness (QED) is 0.651. The maximum absolute atomic E-state index is 11.8. The van der Waals surface area contributed by atoms with E-state index in [1.54, 1.807) is 24.5 Å². The van der Waals surface area contributed by atoms with E-state index in [1.165, 1.54) is 10.6 Å². The van der Waals surface area contributed by atoms with Crippen LogP contribution in [-0.2, 0) is 4.79 Å². The molecule has 3 aromatic rings. The van der Waals surface area contributed by atoms with Crippen molar-refractivity contribution in [2.75, 3.05) is 6.54 Å². The summed E-state index contributed by atoms with van der Waals surface area (Å²) in [5.74, 6) is -1.16. The molecule has 22 heavy (non-hydrogen) atoms. The number of amides is 1. The lowest BCUT2D eigenvalue weighted by Crippen LogP contribution is -2.30. The number of rotatable bonds is 4. The van der Waals surface area contributed by atoms with Crippen LogP contribution in [0.4, 0.5) is 0 Å². The summed E-state index contributed by atoms with van der Waals surface area (Å²) in [4.78, 5) is 30.4. The molecule has 0 saturated heterocycles. The molecule has 0 spiro atoms. The summed E-state index contributed by atoms with van der Waals surface area (Å²) in [7, 11) is 0. The third-order valence-electron chi connectivity index (χ3n) is 2.66. The molecule has 3 heterocycles. The maximum atomic E-state index is 11.8. The van der Waals surface area contributed by atoms with Crippen LogP contribution in [0.3, 0.4) is 0 Å². The van der Waals surface area contributed by atoms with Crippen molar-refractivity contribution in [3.05, 3.63) is 36.3 Å². The smallest absolute Gasteiger partial charge is 0.322 e. The van der Waals surface area contributed by atoms with Gasteiger partial charge in [-0.25, -0.2) is 9.97 Å². The van der Waals surface area contributed by atoms with Crippen LogP contribution >= 0.6 is 0 Å². The number of hydrogen-bond acceptors (Lipinski definition) is 7. The van der Waals surface area contributed by atoms with Crippen LogP contribution in [0, 0.1) is 0 Å². The van der Waals surface area contributed by atoms with Crippen molar-refractivity contribution in [1.82, 2.24) is 35.1 Å². The second kappa shape index (κ2) is 5.52. The van der Waals surface area contributed by atoms with Crippen molar-refractivity contribution in [3.8, 4) is 11.6 Å². The summed E-state index contributed by atoms with van der Waals surface area (Å²) in [6.45, 7) is -0.491. The van der Waals surface area contributed by atoms with Gasteiger partial charge in [-0.2, -0.15) is 9.61 Å². The summed E-state index contributed by atoms with van der Waals surface area (Å²) in [6.07, 6.45) is 3.10. The van der Waals surface area contributed by atoms with Crippen molar-refractivity contribution in [2.24, 2.45) is 0 Å². The first-order valence-corrected chi connectivity index (χ1v) is 6.15. The van der Waals surface area contributed by atoms with Gasteiger partial charge < -0.3 is 10.4 Å². The number of fused-ring (bicyclic) bond motifs is 1. The van der Waals surface area contributed by atoms with Gasteiger partial charge in [0.25, 0.3) is 5.91 Å². The van der Waals surface area contributed by atoms with E-state index in [4.69, 9.17) is 5.11 Å². The highest BCUT2D eigenvalue weighted by molar-refractivity contribution is 5.94. The Hall–Kier alpha value is -3.43. The number of carbonyl (C=O) groups excluding carboxylic acids is 1. The van der Waals surface area contributed by atoms with Crippen LogP contribution in [0.25, 0.3) is 17.3 Å². The molecule has 0 bridgehead atoms. The Balaban J connectivity index is 1.98. The summed E-state index contributed by atoms with van der Waals surface area (Å²) in [5.41, 5.74) is 0.447. The van der Waals surface area contributed by atoms with Crippen molar-refractivity contribution in [2.45, 2.75) is 0 Å². The van der Waals surface area contributed by atoms with Gasteiger partial charge in [-0.1, -0.05) is 0 Å². The number of aliphatic carboxylic acids is 1. The first-order valence-electron chi connectivity index (χ1n) is 6.15. The van der Waals surface area contributed by atoms with Crippen LogP contribution in [0.15, 0.2) is 30.6 Å². The normalized spacial score (nSPS) is 10.5. The van der Waals surface area contributed by atoms with E-state index in [9.17, 15) is 9.59 Å². The monoisotopic (exact) mass is 299 g/mol. The summed E-state index contributed by atoms with van der Waals surface area (Å²) in [5, 5.41) is 22.7. The highest BCUT2D eigenvalue weighted by atomic mass is 16.4. The van der Waals surface area contributed by atoms with Gasteiger partial charge in [-0.15, -0.1) is 10.2 Å². The Morgan fingerprint density at radius 3 is 2.68 bits per heavy atom. The molecule has 0 aromatic carbocycles. The predicted molar refractivity (Wildman–Crippen MR) is 71.8 cm³/mol. The first kappa shape index (κ1) is 13.5. The molecule has 3 aromatic heterocycles. The molecular formula is C12H9N7O3. The Morgan fingerprint density at radius 2 is 1.95 bits per heavy atom. The van der Waals surface area contributed by atoms with Crippen LogP contribution in [0.2, 0.25) is 0 Å². The minimum atomic E-state index is -1.14. The molecule has 2 N–H and O–H groups in total. The Bertz CT molecular complexity index is 846. The highest BCUT2D eigenvalue weighted by Crippen LogP contribution is 2.12. The first-order chi connectivity index (χ1) is 10.6. The molecule has 0 fully saturated rings. The number of nitrogens with zero attached hydrogens (tertiary/aromatic N) is 6. The number of carboxylic acids is 1. The number of hydrogen-bond donors (Lipinski definition) is 2. The second-order valence-corrected chi connectivity index (χ2v) is 4.16. The van der Waals surface area contributed by atoms with Gasteiger partial charge in [0.15, 0.2) is 11.5 Å². The second-order valence-electron chi connectivity index (χ2n) is 4.16. The van der Waals surface area contributed by atoms with Crippen molar-refractivity contribution in [1.29, 1.82) is 0 Å². The number of carboxylic acid groups (broad SMARTS) is 1. The van der Waals surface area contributed by atoms with Crippen LogP contribution < -0.4 is 5.32 Å². The molecular weight excluding hydrogens is 290 g/mol. The van der Waals surface area contributed by atoms with E-state index in [2.05, 4.69) is 30.6 Å². The molecule has 10 heteroatoms. The molecule has 0 aliphatic heterocycles. The van der Waals surface area contributed by atoms with Crippen molar-refractivity contribution >= 4 is 17.5 Å². The van der Waals surface area contributed by atoms with Gasteiger partial charge in [0, 0.05) is 12.4 Å². The third kappa shape index (κ3) is 2.57. The van der Waals surface area contributed by atoms with Gasteiger partial charge in [0.05, 0.1) is 0 Å². The molecule has 0 aliphatic carbocycles. The van der Waals surface area contributed by atoms with Gasteiger partial charge >= 0.3 is 5.97 Å². The number of aromatic nitrogens is 6. The lowest BCUT2D eigenvalue weighted by atomic mass is 10.3. The molecule has 3 rings (SSSR count). The molecule has 0 radical (unpaired) electrons. The molecule has 0 saturated carbocycles. The largest absolute Gasteiger partial charge is 0.480 e. The van der Waals surface area contributed by atoms with Gasteiger partial charge in [-0.3, -0.25) is 9.59 Å². The molecule has 1 amide bonds. The predicted octanol–water partition coefficient (Wildman–Crippen LogP) is -0.604. The zero-order valence-electron chi connectivity index (χ0n) is 11.0. The van der Waals surface area contributed by atoms with Crippen LogP contribution in [0.1, 0.15) is 10.5 Å². The fraction of sp³-hybridized carbons (Fsp3) is 0.0833. The molecule has 0 unspecified atom stereocenters.